The van der Waals surface area contributed by atoms with E-state index in [0.717, 1.165) is 44.2 Å². The monoisotopic (exact) mass is 531 g/mol. The number of oxime groups is 1. The minimum absolute atomic E-state index is 0.0344. The Bertz CT molecular complexity index is 1070. The number of ketones is 1. The summed E-state index contributed by atoms with van der Waals surface area (Å²) in [5.41, 5.74) is 5.64. The van der Waals surface area contributed by atoms with Crippen LogP contribution in [0.4, 0.5) is 0 Å². The van der Waals surface area contributed by atoms with Gasteiger partial charge in [-0.15, -0.1) is 0 Å². The number of nitrogens with zero attached hydrogens (tertiary/aromatic N) is 1. The van der Waals surface area contributed by atoms with Gasteiger partial charge in [-0.2, -0.15) is 0 Å². The Morgan fingerprint density at radius 2 is 1.84 bits per heavy atom. The van der Waals surface area contributed by atoms with Crippen molar-refractivity contribution in [3.63, 3.8) is 0 Å². The number of carboxylic acids is 1. The van der Waals surface area contributed by atoms with Crippen LogP contribution >= 0.6 is 0 Å². The predicted molar refractivity (Wildman–Crippen MR) is 139 cm³/mol. The number of amides is 2. The van der Waals surface area contributed by atoms with Gasteiger partial charge in [-0.3, -0.25) is 14.4 Å². The van der Waals surface area contributed by atoms with Crippen LogP contribution in [0.5, 0.6) is 0 Å². The van der Waals surface area contributed by atoms with Crippen LogP contribution in [0.15, 0.2) is 16.8 Å². The van der Waals surface area contributed by atoms with Gasteiger partial charge in [0.1, 0.15) is 11.6 Å². The molecule has 2 amide bonds. The standard InChI is InChI=1S/C28H41N3O7/c1-16(32)28(37)13-10-21-19-5-4-17-14-18(8-11-26(17,2)20(19)9-12-27(21,28)3)31-38-15-24(34)30-22(25(35)36)6-7-23(29)33/h14,19-22,37H,4-13,15H2,1-3H3,(H2,29,33)(H,30,34)(H,35,36)/t19?,20?,21?,22?,26-,27-,28-/m0/s1. The van der Waals surface area contributed by atoms with Gasteiger partial charge in [0.05, 0.1) is 5.71 Å². The second-order valence-electron chi connectivity index (χ2n) is 12.2. The van der Waals surface area contributed by atoms with E-state index in [1.807, 2.05) is 0 Å². The molecule has 4 aliphatic rings. The first kappa shape index (κ1) is 28.3. The molecule has 0 radical (unpaired) electrons. The number of hydrogen-bond acceptors (Lipinski definition) is 7. The number of aliphatic carboxylic acids is 1. The molecule has 3 saturated carbocycles. The van der Waals surface area contributed by atoms with E-state index >= 15 is 0 Å². The number of nitrogens with one attached hydrogen (secondary N) is 1. The van der Waals surface area contributed by atoms with Crippen molar-refractivity contribution >= 4 is 29.3 Å². The van der Waals surface area contributed by atoms with Crippen molar-refractivity contribution in [2.24, 2.45) is 39.5 Å². The summed E-state index contributed by atoms with van der Waals surface area (Å²) < 4.78 is 0. The molecule has 0 aromatic heterocycles. The fourth-order valence-electron chi connectivity index (χ4n) is 8.19. The summed E-state index contributed by atoms with van der Waals surface area (Å²) >= 11 is 0. The maximum Gasteiger partial charge on any atom is 0.326 e. The fourth-order valence-corrected chi connectivity index (χ4v) is 8.19. The smallest absolute Gasteiger partial charge is 0.326 e. The lowest BCUT2D eigenvalue weighted by atomic mass is 9.46. The van der Waals surface area contributed by atoms with E-state index in [4.69, 9.17) is 10.6 Å². The third-order valence-electron chi connectivity index (χ3n) is 10.4. The number of allylic oxidation sites excluding steroid dienone is 2. The molecule has 0 heterocycles. The number of primary amides is 1. The number of carbonyl (C=O) groups is 4. The van der Waals surface area contributed by atoms with Crippen LogP contribution in [0.1, 0.15) is 85.0 Å². The Labute approximate surface area is 223 Å². The summed E-state index contributed by atoms with van der Waals surface area (Å²) in [6.45, 7) is 5.58. The minimum Gasteiger partial charge on any atom is -0.480 e. The molecule has 7 atom stereocenters. The molecule has 0 aromatic rings. The first-order valence-electron chi connectivity index (χ1n) is 13.8. The fraction of sp³-hybridized carbons (Fsp3) is 0.750. The van der Waals surface area contributed by atoms with E-state index in [0.29, 0.717) is 30.6 Å². The van der Waals surface area contributed by atoms with E-state index < -0.39 is 36.0 Å². The Morgan fingerprint density at radius 3 is 2.50 bits per heavy atom. The lowest BCUT2D eigenvalue weighted by molar-refractivity contribution is -0.159. The lowest BCUT2D eigenvalue weighted by Crippen LogP contribution is -2.57. The van der Waals surface area contributed by atoms with Crippen LogP contribution in [0.3, 0.4) is 0 Å². The number of rotatable bonds is 9. The molecule has 0 spiro atoms. The molecule has 3 fully saturated rings. The second kappa shape index (κ2) is 10.4. The van der Waals surface area contributed by atoms with Gasteiger partial charge >= 0.3 is 5.97 Å². The van der Waals surface area contributed by atoms with Gasteiger partial charge in [0.2, 0.25) is 5.91 Å². The van der Waals surface area contributed by atoms with Crippen LogP contribution in [0.2, 0.25) is 0 Å². The van der Waals surface area contributed by atoms with Crippen molar-refractivity contribution in [2.45, 2.75) is 96.6 Å². The van der Waals surface area contributed by atoms with Crippen LogP contribution in [-0.4, -0.2) is 57.7 Å². The van der Waals surface area contributed by atoms with Gasteiger partial charge < -0.3 is 26.1 Å². The number of fused-ring (bicyclic) bond motifs is 5. The molecule has 0 aromatic carbocycles. The van der Waals surface area contributed by atoms with Crippen molar-refractivity contribution < 1.29 is 34.2 Å². The summed E-state index contributed by atoms with van der Waals surface area (Å²) in [5.74, 6) is -1.28. The molecule has 210 valence electrons. The Kier molecular flexibility index (Phi) is 7.76. The van der Waals surface area contributed by atoms with Crippen LogP contribution in [0, 0.1) is 28.6 Å². The molecule has 5 N–H and O–H groups in total. The number of hydrogen-bond donors (Lipinski definition) is 4. The highest BCUT2D eigenvalue weighted by molar-refractivity contribution is 5.96. The summed E-state index contributed by atoms with van der Waals surface area (Å²) in [6.07, 6.45) is 8.75. The molecule has 4 unspecified atom stereocenters. The topological polar surface area (TPSA) is 168 Å². The third kappa shape index (κ3) is 4.87. The molecule has 0 bridgehead atoms. The van der Waals surface area contributed by atoms with Crippen molar-refractivity contribution in [1.29, 1.82) is 0 Å². The number of Topliss-reactive ketones (excluding diaryl/α,β-unsaturated/α-hetero) is 1. The highest BCUT2D eigenvalue weighted by Gasteiger charge is 2.65. The van der Waals surface area contributed by atoms with Gasteiger partial charge in [-0.1, -0.05) is 24.6 Å². The van der Waals surface area contributed by atoms with Gasteiger partial charge in [-0.05, 0) is 94.0 Å². The largest absolute Gasteiger partial charge is 0.480 e. The molecular formula is C28H41N3O7. The Hall–Kier alpha value is -2.75. The number of nitrogens with two attached hydrogens (primary N) is 1. The molecular weight excluding hydrogens is 490 g/mol. The first-order valence-corrected chi connectivity index (χ1v) is 13.8. The molecule has 0 aliphatic heterocycles. The first-order chi connectivity index (χ1) is 17.8. The van der Waals surface area contributed by atoms with Crippen LogP contribution < -0.4 is 11.1 Å². The maximum absolute atomic E-state index is 12.4. The van der Waals surface area contributed by atoms with Crippen molar-refractivity contribution in [3.05, 3.63) is 11.6 Å². The maximum atomic E-state index is 12.4. The molecule has 4 rings (SSSR count). The predicted octanol–water partition coefficient (Wildman–Crippen LogP) is 2.48. The van der Waals surface area contributed by atoms with Gasteiger partial charge in [0, 0.05) is 11.8 Å². The zero-order valence-corrected chi connectivity index (χ0v) is 22.6. The van der Waals surface area contributed by atoms with Crippen molar-refractivity contribution in [1.82, 2.24) is 5.32 Å². The second-order valence-corrected chi connectivity index (χ2v) is 12.2. The molecule has 0 saturated heterocycles. The minimum atomic E-state index is -1.25. The van der Waals surface area contributed by atoms with E-state index in [9.17, 15) is 29.4 Å². The highest BCUT2D eigenvalue weighted by Crippen LogP contribution is 2.67. The highest BCUT2D eigenvalue weighted by atomic mass is 16.6. The number of aliphatic hydroxyl groups is 1. The quantitative estimate of drug-likeness (QED) is 0.331. The molecule has 10 heteroatoms. The van der Waals surface area contributed by atoms with Gasteiger partial charge in [0.15, 0.2) is 12.4 Å². The lowest BCUT2D eigenvalue weighted by Gasteiger charge is -2.59. The van der Waals surface area contributed by atoms with Crippen LogP contribution in [-0.2, 0) is 24.0 Å². The van der Waals surface area contributed by atoms with E-state index in [2.05, 4.69) is 30.4 Å². The van der Waals surface area contributed by atoms with Crippen molar-refractivity contribution in [3.8, 4) is 0 Å². The van der Waals surface area contributed by atoms with E-state index in [-0.39, 0.29) is 29.5 Å². The van der Waals surface area contributed by atoms with E-state index in [1.165, 1.54) is 12.5 Å². The number of carboxylic acid groups (broad SMARTS) is 1. The van der Waals surface area contributed by atoms with Crippen molar-refractivity contribution in [2.75, 3.05) is 6.61 Å². The zero-order valence-electron chi connectivity index (χ0n) is 22.6. The average molecular weight is 532 g/mol. The average Bonchev–Trinajstić information content (AvgIpc) is 3.13. The summed E-state index contributed by atoms with van der Waals surface area (Å²) in [5, 5.41) is 27.0. The Balaban J connectivity index is 1.38. The molecule has 4 aliphatic carbocycles. The molecule has 38 heavy (non-hydrogen) atoms. The molecule has 10 nitrogen and oxygen atoms in total. The normalized spacial score (nSPS) is 37.7. The SMILES string of the molecule is CC(=O)[C@@]1(O)CCC2C3CCC4=CC(=NOCC(=O)NC(CCC(N)=O)C(=O)O)CC[C@]4(C)C3CC[C@@]21C. The Morgan fingerprint density at radius 1 is 1.13 bits per heavy atom. The summed E-state index contributed by atoms with van der Waals surface area (Å²) in [4.78, 5) is 52.1. The summed E-state index contributed by atoms with van der Waals surface area (Å²) in [7, 11) is 0. The van der Waals surface area contributed by atoms with Gasteiger partial charge in [0.25, 0.3) is 5.91 Å². The van der Waals surface area contributed by atoms with Gasteiger partial charge in [-0.25, -0.2) is 4.79 Å². The zero-order chi connectivity index (χ0) is 27.9. The third-order valence-corrected chi connectivity index (χ3v) is 10.4. The summed E-state index contributed by atoms with van der Waals surface area (Å²) in [6, 6.07) is -1.22. The van der Waals surface area contributed by atoms with E-state index in [1.54, 1.807) is 0 Å². The number of carbonyl (C=O) groups excluding carboxylic acids is 3. The van der Waals surface area contributed by atoms with Crippen LogP contribution in [0.25, 0.3) is 0 Å².